The molecule has 0 spiro atoms. The summed E-state index contributed by atoms with van der Waals surface area (Å²) in [4.78, 5) is 61.5. The van der Waals surface area contributed by atoms with Crippen molar-refractivity contribution < 1.29 is 19.2 Å². The summed E-state index contributed by atoms with van der Waals surface area (Å²) in [6, 6.07) is 30.8. The van der Waals surface area contributed by atoms with Crippen LogP contribution in [0.1, 0.15) is 73.6 Å². The van der Waals surface area contributed by atoms with Gasteiger partial charge in [0.1, 0.15) is 0 Å². The van der Waals surface area contributed by atoms with E-state index in [-0.39, 0.29) is 41.9 Å². The first-order valence-corrected chi connectivity index (χ1v) is 20.6. The standard InChI is InChI=1S/C46H52Cl2N4O4.H3N/c1-33-7-11-35(12-8-33)31-45(55)51(39-19-15-37(47)16-20-39)41-23-27-49(28-24-41)43(53)5-3-4-6-44(54)50-29-25-42(26-30-50)52(40-21-17-38(48)18-22-40)46(56)32-36-13-9-34(2)10-14-36;/h7-22,41-42H,3-6,23-32H2,1-2H3;1H3. The largest absolute Gasteiger partial charge is 0.344 e. The van der Waals surface area contributed by atoms with Gasteiger partial charge in [0.05, 0.1) is 12.8 Å². The topological polar surface area (TPSA) is 116 Å². The molecule has 4 aromatic carbocycles. The SMILES string of the molecule is Cc1ccc(CC(=O)N(c2ccc(Cl)cc2)C2CCN(C(=O)CCCCC(=O)N3CCC(N(C(=O)Cc4ccc(C)cc4)c4ccc(Cl)cc4)CC3)CC2)cc1.N. The van der Waals surface area contributed by atoms with Gasteiger partial charge in [0.15, 0.2) is 0 Å². The molecule has 3 N–H and O–H groups in total. The molecule has 0 bridgehead atoms. The maximum atomic E-state index is 13.7. The zero-order valence-corrected chi connectivity index (χ0v) is 34.7. The Morgan fingerprint density at radius 2 is 0.842 bits per heavy atom. The molecule has 302 valence electrons. The van der Waals surface area contributed by atoms with E-state index in [9.17, 15) is 19.2 Å². The maximum absolute atomic E-state index is 13.7. The van der Waals surface area contributed by atoms with Gasteiger partial charge < -0.3 is 25.8 Å². The molecule has 6 rings (SSSR count). The van der Waals surface area contributed by atoms with E-state index in [4.69, 9.17) is 23.2 Å². The summed E-state index contributed by atoms with van der Waals surface area (Å²) in [7, 11) is 0. The van der Waals surface area contributed by atoms with Crippen LogP contribution in [0.25, 0.3) is 0 Å². The fraction of sp³-hybridized carbons (Fsp3) is 0.391. The highest BCUT2D eigenvalue weighted by Gasteiger charge is 2.32. The number of aryl methyl sites for hydroxylation is 2. The number of likely N-dealkylation sites (tertiary alicyclic amines) is 2. The van der Waals surface area contributed by atoms with Gasteiger partial charge in [0.2, 0.25) is 23.6 Å². The van der Waals surface area contributed by atoms with Gasteiger partial charge in [-0.15, -0.1) is 0 Å². The fourth-order valence-corrected chi connectivity index (χ4v) is 8.12. The molecule has 2 aliphatic rings. The number of nitrogens with zero attached hydrogens (tertiary/aromatic N) is 4. The second kappa shape index (κ2) is 20.6. The number of carbonyl (C=O) groups excluding carboxylic acids is 4. The Labute approximate surface area is 347 Å². The first-order chi connectivity index (χ1) is 27.0. The lowest BCUT2D eigenvalue weighted by atomic mass is 9.99. The van der Waals surface area contributed by atoms with Gasteiger partial charge in [-0.25, -0.2) is 0 Å². The van der Waals surface area contributed by atoms with Crippen LogP contribution < -0.4 is 16.0 Å². The van der Waals surface area contributed by atoms with Crippen LogP contribution in [0.15, 0.2) is 97.1 Å². The summed E-state index contributed by atoms with van der Waals surface area (Å²) in [5, 5.41) is 1.23. The molecule has 2 fully saturated rings. The molecule has 2 saturated heterocycles. The van der Waals surface area contributed by atoms with E-state index in [1.54, 1.807) is 0 Å². The molecule has 0 unspecified atom stereocenters. The molecule has 2 aliphatic heterocycles. The summed E-state index contributed by atoms with van der Waals surface area (Å²) in [5.41, 5.74) is 5.87. The van der Waals surface area contributed by atoms with Gasteiger partial charge in [-0.3, -0.25) is 19.2 Å². The molecule has 4 amide bonds. The average Bonchev–Trinajstić information content (AvgIpc) is 3.20. The molecule has 57 heavy (non-hydrogen) atoms. The molecular formula is C46H55Cl2N5O4. The van der Waals surface area contributed by atoms with E-state index < -0.39 is 0 Å². The van der Waals surface area contributed by atoms with Crippen molar-refractivity contribution in [2.75, 3.05) is 36.0 Å². The maximum Gasteiger partial charge on any atom is 0.231 e. The summed E-state index contributed by atoms with van der Waals surface area (Å²) >= 11 is 12.4. The van der Waals surface area contributed by atoms with Crippen LogP contribution in [-0.4, -0.2) is 71.7 Å². The van der Waals surface area contributed by atoms with Crippen LogP contribution in [0, 0.1) is 13.8 Å². The number of carbonyl (C=O) groups is 4. The first-order valence-electron chi connectivity index (χ1n) is 19.9. The van der Waals surface area contributed by atoms with Crippen LogP contribution in [0.2, 0.25) is 10.0 Å². The monoisotopic (exact) mass is 811 g/mol. The minimum atomic E-state index is -0.0236. The Bertz CT molecular complexity index is 1800. The molecular weight excluding hydrogens is 757 g/mol. The van der Waals surface area contributed by atoms with Crippen molar-refractivity contribution in [3.63, 3.8) is 0 Å². The number of anilines is 2. The van der Waals surface area contributed by atoms with Crippen molar-refractivity contribution in [2.45, 2.75) is 90.1 Å². The fourth-order valence-electron chi connectivity index (χ4n) is 7.87. The lowest BCUT2D eigenvalue weighted by molar-refractivity contribution is -0.134. The number of unbranched alkanes of at least 4 members (excludes halogenated alkanes) is 1. The third-order valence-corrected chi connectivity index (χ3v) is 11.6. The normalized spacial score (nSPS) is 14.8. The molecule has 4 aromatic rings. The number of amides is 4. The molecule has 0 saturated carbocycles. The highest BCUT2D eigenvalue weighted by Crippen LogP contribution is 2.29. The minimum absolute atomic E-state index is 0. The highest BCUT2D eigenvalue weighted by atomic mass is 35.5. The number of halogens is 2. The Morgan fingerprint density at radius 3 is 1.16 bits per heavy atom. The predicted octanol–water partition coefficient (Wildman–Crippen LogP) is 9.17. The number of hydrogen-bond acceptors (Lipinski definition) is 5. The second-order valence-electron chi connectivity index (χ2n) is 15.2. The molecule has 2 heterocycles. The average molecular weight is 813 g/mol. The Balaban J connectivity index is 0.00000620. The first kappa shape index (κ1) is 43.4. The van der Waals surface area contributed by atoms with Crippen LogP contribution in [-0.2, 0) is 32.0 Å². The van der Waals surface area contributed by atoms with Gasteiger partial charge in [0, 0.05) is 72.5 Å². The molecule has 0 aliphatic carbocycles. The molecule has 9 nitrogen and oxygen atoms in total. The van der Waals surface area contributed by atoms with E-state index >= 15 is 0 Å². The number of rotatable bonds is 13. The van der Waals surface area contributed by atoms with Crippen LogP contribution in [0.3, 0.4) is 0 Å². The number of piperidine rings is 2. The Morgan fingerprint density at radius 1 is 0.526 bits per heavy atom. The van der Waals surface area contributed by atoms with Crippen LogP contribution in [0.4, 0.5) is 11.4 Å². The molecule has 0 aromatic heterocycles. The van der Waals surface area contributed by atoms with Crippen molar-refractivity contribution in [1.29, 1.82) is 0 Å². The third-order valence-electron chi connectivity index (χ3n) is 11.1. The molecule has 0 radical (unpaired) electrons. The Hall–Kier alpha value is -4.70. The van der Waals surface area contributed by atoms with Crippen molar-refractivity contribution in [2.24, 2.45) is 0 Å². The van der Waals surface area contributed by atoms with E-state index in [0.29, 0.717) is 100 Å². The van der Waals surface area contributed by atoms with Crippen molar-refractivity contribution >= 4 is 58.2 Å². The van der Waals surface area contributed by atoms with Gasteiger partial charge in [-0.2, -0.15) is 0 Å². The van der Waals surface area contributed by atoms with Crippen molar-refractivity contribution in [3.05, 3.63) is 129 Å². The smallest absolute Gasteiger partial charge is 0.231 e. The number of hydrogen-bond donors (Lipinski definition) is 1. The second-order valence-corrected chi connectivity index (χ2v) is 16.1. The third kappa shape index (κ3) is 11.9. The van der Waals surface area contributed by atoms with E-state index in [2.05, 4.69) is 0 Å². The molecule has 11 heteroatoms. The van der Waals surface area contributed by atoms with E-state index in [1.807, 2.05) is 131 Å². The van der Waals surface area contributed by atoms with Gasteiger partial charge in [-0.1, -0.05) is 82.9 Å². The summed E-state index contributed by atoms with van der Waals surface area (Å²) < 4.78 is 0. The zero-order valence-electron chi connectivity index (χ0n) is 33.2. The molecule has 0 atom stereocenters. The highest BCUT2D eigenvalue weighted by molar-refractivity contribution is 6.31. The number of benzene rings is 4. The van der Waals surface area contributed by atoms with Gasteiger partial charge in [0.25, 0.3) is 0 Å². The van der Waals surface area contributed by atoms with Crippen LogP contribution >= 0.6 is 23.2 Å². The quantitative estimate of drug-likeness (QED) is 0.135. The van der Waals surface area contributed by atoms with Crippen molar-refractivity contribution in [1.82, 2.24) is 16.0 Å². The summed E-state index contributed by atoms with van der Waals surface area (Å²) in [6.45, 7) is 6.39. The zero-order chi connectivity index (χ0) is 39.6. The summed E-state index contributed by atoms with van der Waals surface area (Å²) in [6.07, 6.45) is 5.44. The Kier molecular flexibility index (Phi) is 15.7. The summed E-state index contributed by atoms with van der Waals surface area (Å²) in [5.74, 6) is 0.248. The lowest BCUT2D eigenvalue weighted by Crippen LogP contribution is -2.49. The van der Waals surface area contributed by atoms with Gasteiger partial charge >= 0.3 is 0 Å². The van der Waals surface area contributed by atoms with E-state index in [1.165, 1.54) is 0 Å². The lowest BCUT2D eigenvalue weighted by Gasteiger charge is -2.39. The predicted molar refractivity (Wildman–Crippen MR) is 230 cm³/mol. The minimum Gasteiger partial charge on any atom is -0.344 e. The van der Waals surface area contributed by atoms with Gasteiger partial charge in [-0.05, 0) is 112 Å². The van der Waals surface area contributed by atoms with E-state index in [0.717, 1.165) is 33.6 Å². The van der Waals surface area contributed by atoms with Crippen molar-refractivity contribution in [3.8, 4) is 0 Å². The van der Waals surface area contributed by atoms with Crippen LogP contribution in [0.5, 0.6) is 0 Å².